The SMILES string of the molecule is Cc1cc(C)c([C@@H](C)NC(=O)CN(c2cccc([N+](=O)[O-])c2)S(=O)(=O)c2ccccc2)cc1C. The normalized spacial score (nSPS) is 12.1. The van der Waals surface area contributed by atoms with Crippen LogP contribution >= 0.6 is 0 Å². The van der Waals surface area contributed by atoms with Gasteiger partial charge in [-0.3, -0.25) is 19.2 Å². The van der Waals surface area contributed by atoms with Crippen LogP contribution in [0, 0.1) is 30.9 Å². The van der Waals surface area contributed by atoms with E-state index in [-0.39, 0.29) is 22.3 Å². The third kappa shape index (κ3) is 5.43. The molecule has 1 amide bonds. The lowest BCUT2D eigenvalue weighted by molar-refractivity contribution is -0.384. The Morgan fingerprint density at radius 3 is 2.26 bits per heavy atom. The lowest BCUT2D eigenvalue weighted by atomic mass is 9.96. The molecule has 9 heteroatoms. The average molecular weight is 482 g/mol. The van der Waals surface area contributed by atoms with Gasteiger partial charge in [-0.2, -0.15) is 0 Å². The van der Waals surface area contributed by atoms with Crippen molar-refractivity contribution >= 4 is 27.3 Å². The van der Waals surface area contributed by atoms with Crippen LogP contribution in [0.15, 0.2) is 71.6 Å². The number of benzene rings is 3. The number of nitro groups is 1. The van der Waals surface area contributed by atoms with E-state index < -0.39 is 27.4 Å². The van der Waals surface area contributed by atoms with Gasteiger partial charge in [0, 0.05) is 12.1 Å². The summed E-state index contributed by atoms with van der Waals surface area (Å²) in [6, 6.07) is 16.6. The van der Waals surface area contributed by atoms with E-state index >= 15 is 0 Å². The summed E-state index contributed by atoms with van der Waals surface area (Å²) >= 11 is 0. The molecule has 0 aromatic heterocycles. The van der Waals surface area contributed by atoms with Crippen LogP contribution in [0.1, 0.15) is 35.2 Å². The monoisotopic (exact) mass is 481 g/mol. The van der Waals surface area contributed by atoms with Crippen LogP contribution in [0.2, 0.25) is 0 Å². The number of carbonyl (C=O) groups is 1. The molecule has 8 nitrogen and oxygen atoms in total. The van der Waals surface area contributed by atoms with Gasteiger partial charge in [0.25, 0.3) is 15.7 Å². The maximum Gasteiger partial charge on any atom is 0.271 e. The highest BCUT2D eigenvalue weighted by molar-refractivity contribution is 7.92. The second-order valence-corrected chi connectivity index (χ2v) is 10.0. The summed E-state index contributed by atoms with van der Waals surface area (Å²) in [5.41, 5.74) is 3.94. The van der Waals surface area contributed by atoms with E-state index in [4.69, 9.17) is 0 Å². The molecule has 0 bridgehead atoms. The number of anilines is 1. The van der Waals surface area contributed by atoms with Gasteiger partial charge in [-0.05, 0) is 68.1 Å². The van der Waals surface area contributed by atoms with Gasteiger partial charge in [0.1, 0.15) is 6.54 Å². The largest absolute Gasteiger partial charge is 0.348 e. The Morgan fingerprint density at radius 2 is 1.62 bits per heavy atom. The molecule has 0 fully saturated rings. The molecular formula is C25H27N3O5S. The summed E-state index contributed by atoms with van der Waals surface area (Å²) in [6.45, 7) is 7.26. The fourth-order valence-corrected chi connectivity index (χ4v) is 5.18. The van der Waals surface area contributed by atoms with Crippen LogP contribution in [-0.2, 0) is 14.8 Å². The number of hydrogen-bond donors (Lipinski definition) is 1. The number of carbonyl (C=O) groups excluding carboxylic acids is 1. The van der Waals surface area contributed by atoms with Gasteiger partial charge in [0.2, 0.25) is 5.91 Å². The second kappa shape index (κ2) is 10.0. The number of sulfonamides is 1. The predicted octanol–water partition coefficient (Wildman–Crippen LogP) is 4.59. The van der Waals surface area contributed by atoms with Gasteiger partial charge >= 0.3 is 0 Å². The van der Waals surface area contributed by atoms with Crippen molar-refractivity contribution in [1.82, 2.24) is 5.32 Å². The molecule has 0 aliphatic rings. The first-order valence-electron chi connectivity index (χ1n) is 10.7. The highest BCUT2D eigenvalue weighted by Crippen LogP contribution is 2.27. The lowest BCUT2D eigenvalue weighted by Gasteiger charge is -2.25. The van der Waals surface area contributed by atoms with E-state index in [9.17, 15) is 23.3 Å². The van der Waals surface area contributed by atoms with Gasteiger partial charge in [-0.1, -0.05) is 36.4 Å². The lowest BCUT2D eigenvalue weighted by Crippen LogP contribution is -2.41. The Hall–Kier alpha value is -3.72. The van der Waals surface area contributed by atoms with Crippen LogP contribution in [0.5, 0.6) is 0 Å². The van der Waals surface area contributed by atoms with Crippen molar-refractivity contribution in [2.75, 3.05) is 10.8 Å². The number of hydrogen-bond acceptors (Lipinski definition) is 5. The highest BCUT2D eigenvalue weighted by atomic mass is 32.2. The molecule has 0 saturated heterocycles. The van der Waals surface area contributed by atoms with Gasteiger partial charge in [-0.15, -0.1) is 0 Å². The van der Waals surface area contributed by atoms with E-state index in [1.807, 2.05) is 39.8 Å². The van der Waals surface area contributed by atoms with Crippen LogP contribution in [-0.4, -0.2) is 25.8 Å². The van der Waals surface area contributed by atoms with Crippen LogP contribution in [0.3, 0.4) is 0 Å². The summed E-state index contributed by atoms with van der Waals surface area (Å²) < 4.78 is 27.7. The number of amides is 1. The zero-order valence-corrected chi connectivity index (χ0v) is 20.3. The minimum atomic E-state index is -4.16. The molecule has 1 atom stereocenters. The fourth-order valence-electron chi connectivity index (χ4n) is 3.74. The molecular weight excluding hydrogens is 454 g/mol. The first-order chi connectivity index (χ1) is 16.0. The maximum atomic E-state index is 13.4. The van der Waals surface area contributed by atoms with Crippen LogP contribution < -0.4 is 9.62 Å². The summed E-state index contributed by atoms with van der Waals surface area (Å²) in [6.07, 6.45) is 0. The zero-order valence-electron chi connectivity index (χ0n) is 19.5. The molecule has 0 spiro atoms. The molecule has 0 saturated carbocycles. The Kier molecular flexibility index (Phi) is 7.36. The first kappa shape index (κ1) is 24.9. The van der Waals surface area contributed by atoms with Crippen LogP contribution in [0.4, 0.5) is 11.4 Å². The van der Waals surface area contributed by atoms with Crippen molar-refractivity contribution in [3.8, 4) is 0 Å². The molecule has 0 radical (unpaired) electrons. The number of nitro benzene ring substituents is 1. The van der Waals surface area contributed by atoms with Gasteiger partial charge in [-0.25, -0.2) is 8.42 Å². The molecule has 3 rings (SSSR count). The minimum absolute atomic E-state index is 0.0210. The van der Waals surface area contributed by atoms with E-state index in [0.717, 1.165) is 32.6 Å². The van der Waals surface area contributed by atoms with Gasteiger partial charge < -0.3 is 5.32 Å². The number of nitrogens with one attached hydrogen (secondary N) is 1. The van der Waals surface area contributed by atoms with Crippen molar-refractivity contribution < 1.29 is 18.1 Å². The molecule has 0 aliphatic heterocycles. The van der Waals surface area contributed by atoms with Gasteiger partial charge in [0.05, 0.1) is 21.5 Å². The molecule has 0 unspecified atom stereocenters. The van der Waals surface area contributed by atoms with Gasteiger partial charge in [0.15, 0.2) is 0 Å². The van der Waals surface area contributed by atoms with Crippen LogP contribution in [0.25, 0.3) is 0 Å². The average Bonchev–Trinajstić information content (AvgIpc) is 2.80. The van der Waals surface area contributed by atoms with E-state index in [0.29, 0.717) is 0 Å². The first-order valence-corrected chi connectivity index (χ1v) is 12.1. The van der Waals surface area contributed by atoms with Crippen molar-refractivity contribution in [3.05, 3.63) is 99.1 Å². The topological polar surface area (TPSA) is 110 Å². The Bertz CT molecular complexity index is 1320. The van der Waals surface area contributed by atoms with Crippen molar-refractivity contribution in [3.63, 3.8) is 0 Å². The maximum absolute atomic E-state index is 13.4. The second-order valence-electron chi connectivity index (χ2n) is 8.18. The standard InChI is InChI=1S/C25H27N3O5S/c1-17-13-19(3)24(14-18(17)2)20(4)26-25(29)16-27(21-9-8-10-22(15-21)28(30)31)34(32,33)23-11-6-5-7-12-23/h5-15,20H,16H2,1-4H3,(H,26,29)/t20-/m1/s1. The molecule has 0 heterocycles. The highest BCUT2D eigenvalue weighted by Gasteiger charge is 2.28. The van der Waals surface area contributed by atoms with Crippen molar-refractivity contribution in [2.24, 2.45) is 0 Å². The van der Waals surface area contributed by atoms with E-state index in [1.54, 1.807) is 18.2 Å². The van der Waals surface area contributed by atoms with Crippen molar-refractivity contribution in [1.29, 1.82) is 0 Å². The Balaban J connectivity index is 1.94. The molecule has 3 aromatic carbocycles. The smallest absolute Gasteiger partial charge is 0.271 e. The number of nitrogens with zero attached hydrogens (tertiary/aromatic N) is 2. The fraction of sp³-hybridized carbons (Fsp3) is 0.240. The van der Waals surface area contributed by atoms with Crippen molar-refractivity contribution in [2.45, 2.75) is 38.6 Å². The predicted molar refractivity (Wildman–Crippen MR) is 131 cm³/mol. The Morgan fingerprint density at radius 1 is 0.971 bits per heavy atom. The third-order valence-electron chi connectivity index (χ3n) is 5.67. The minimum Gasteiger partial charge on any atom is -0.348 e. The number of non-ortho nitro benzene ring substituents is 1. The molecule has 3 aromatic rings. The number of aryl methyl sites for hydroxylation is 3. The summed E-state index contributed by atoms with van der Waals surface area (Å²) in [7, 11) is -4.16. The van der Waals surface area contributed by atoms with E-state index in [2.05, 4.69) is 5.32 Å². The Labute approximate surface area is 199 Å². The summed E-state index contributed by atoms with van der Waals surface area (Å²) in [5, 5.41) is 14.1. The molecule has 178 valence electrons. The third-order valence-corrected chi connectivity index (χ3v) is 7.46. The zero-order chi connectivity index (χ0) is 25.0. The summed E-state index contributed by atoms with van der Waals surface area (Å²) in [5.74, 6) is -0.531. The molecule has 1 N–H and O–H groups in total. The molecule has 0 aliphatic carbocycles. The quantitative estimate of drug-likeness (QED) is 0.374. The van der Waals surface area contributed by atoms with E-state index in [1.165, 1.54) is 30.3 Å². The molecule has 34 heavy (non-hydrogen) atoms. The number of rotatable bonds is 8. The summed E-state index contributed by atoms with van der Waals surface area (Å²) in [4.78, 5) is 23.7.